The van der Waals surface area contributed by atoms with Crippen LogP contribution in [-0.2, 0) is 4.74 Å². The number of aromatic amines is 1. The van der Waals surface area contributed by atoms with Gasteiger partial charge in [-0.2, -0.15) is 5.10 Å². The van der Waals surface area contributed by atoms with Crippen LogP contribution in [0.3, 0.4) is 0 Å². The van der Waals surface area contributed by atoms with Crippen molar-refractivity contribution in [2.24, 2.45) is 0 Å². The van der Waals surface area contributed by atoms with Crippen LogP contribution in [-0.4, -0.2) is 45.9 Å². The van der Waals surface area contributed by atoms with Crippen LogP contribution >= 0.6 is 0 Å². The van der Waals surface area contributed by atoms with Crippen molar-refractivity contribution in [3.63, 3.8) is 0 Å². The summed E-state index contributed by atoms with van der Waals surface area (Å²) >= 11 is 0. The van der Waals surface area contributed by atoms with Crippen LogP contribution in [0.5, 0.6) is 0 Å². The molecule has 1 atom stereocenters. The Hall–Kier alpha value is -1.72. The summed E-state index contributed by atoms with van der Waals surface area (Å²) in [6, 6.07) is 11.2. The summed E-state index contributed by atoms with van der Waals surface area (Å²) in [5.74, 6) is 1.82. The van der Waals surface area contributed by atoms with Crippen LogP contribution in [0.25, 0.3) is 11.4 Å². The standard InChI is InChI=1S/C17H22N4O/c1-2-5-13(6-3-1)16-18-17(20-19-16)15-7-4-10-21(15)14-8-11-22-12-9-14/h1-3,5-6,14-15H,4,7-12H2,(H,18,19,20). The Morgan fingerprint density at radius 1 is 1.09 bits per heavy atom. The third-order valence-electron chi connectivity index (χ3n) is 4.80. The third kappa shape index (κ3) is 2.66. The van der Waals surface area contributed by atoms with E-state index < -0.39 is 0 Å². The van der Waals surface area contributed by atoms with Gasteiger partial charge in [-0.15, -0.1) is 0 Å². The van der Waals surface area contributed by atoms with Gasteiger partial charge in [0.2, 0.25) is 0 Å². The van der Waals surface area contributed by atoms with E-state index >= 15 is 0 Å². The molecule has 0 saturated carbocycles. The van der Waals surface area contributed by atoms with Crippen molar-refractivity contribution >= 4 is 0 Å². The number of aromatic nitrogens is 3. The summed E-state index contributed by atoms with van der Waals surface area (Å²) in [5, 5.41) is 7.60. The molecule has 1 aromatic heterocycles. The molecule has 0 bridgehead atoms. The normalized spacial score (nSPS) is 23.9. The summed E-state index contributed by atoms with van der Waals surface area (Å²) in [5.41, 5.74) is 1.07. The number of rotatable bonds is 3. The Kier molecular flexibility index (Phi) is 3.91. The molecule has 2 aliphatic rings. The van der Waals surface area contributed by atoms with E-state index in [1.807, 2.05) is 18.2 Å². The van der Waals surface area contributed by atoms with E-state index in [1.165, 1.54) is 12.8 Å². The second-order valence-corrected chi connectivity index (χ2v) is 6.15. The first kappa shape index (κ1) is 13.9. The SMILES string of the molecule is c1ccc(-c2n[nH]c(C3CCCN3C3CCOCC3)n2)cc1. The Morgan fingerprint density at radius 3 is 2.73 bits per heavy atom. The molecule has 1 unspecified atom stereocenters. The predicted octanol–water partition coefficient (Wildman–Crippen LogP) is 2.79. The number of ether oxygens (including phenoxy) is 1. The van der Waals surface area contributed by atoms with Crippen molar-refractivity contribution in [3.8, 4) is 11.4 Å². The fraction of sp³-hybridized carbons (Fsp3) is 0.529. The first-order valence-corrected chi connectivity index (χ1v) is 8.23. The molecule has 3 heterocycles. The second kappa shape index (κ2) is 6.18. The molecule has 2 saturated heterocycles. The maximum atomic E-state index is 5.50. The highest BCUT2D eigenvalue weighted by molar-refractivity contribution is 5.53. The van der Waals surface area contributed by atoms with Crippen LogP contribution in [0.15, 0.2) is 30.3 Å². The molecule has 5 heteroatoms. The molecule has 2 aromatic rings. The molecule has 0 amide bonds. The van der Waals surface area contributed by atoms with Gasteiger partial charge in [-0.05, 0) is 32.2 Å². The zero-order valence-corrected chi connectivity index (χ0v) is 12.7. The van der Waals surface area contributed by atoms with Crippen LogP contribution in [0.2, 0.25) is 0 Å². The van der Waals surface area contributed by atoms with E-state index in [0.29, 0.717) is 12.1 Å². The first-order valence-electron chi connectivity index (χ1n) is 8.23. The van der Waals surface area contributed by atoms with Gasteiger partial charge in [0.25, 0.3) is 0 Å². The fourth-order valence-electron chi connectivity index (χ4n) is 3.68. The van der Waals surface area contributed by atoms with Crippen LogP contribution < -0.4 is 0 Å². The molecule has 4 rings (SSSR count). The monoisotopic (exact) mass is 298 g/mol. The minimum absolute atomic E-state index is 0.382. The van der Waals surface area contributed by atoms with Gasteiger partial charge in [-0.3, -0.25) is 10.00 Å². The lowest BCUT2D eigenvalue weighted by Crippen LogP contribution is -2.39. The predicted molar refractivity (Wildman–Crippen MR) is 84.3 cm³/mol. The van der Waals surface area contributed by atoms with Crippen molar-refractivity contribution in [1.29, 1.82) is 0 Å². The summed E-state index contributed by atoms with van der Waals surface area (Å²) in [4.78, 5) is 7.38. The Bertz CT molecular complexity index is 606. The topological polar surface area (TPSA) is 54.0 Å². The van der Waals surface area contributed by atoms with E-state index in [9.17, 15) is 0 Å². The fourth-order valence-corrected chi connectivity index (χ4v) is 3.68. The summed E-state index contributed by atoms with van der Waals surface area (Å²) in [7, 11) is 0. The first-order chi connectivity index (χ1) is 10.9. The van der Waals surface area contributed by atoms with E-state index in [1.54, 1.807) is 0 Å². The van der Waals surface area contributed by atoms with Gasteiger partial charge in [0.1, 0.15) is 5.82 Å². The molecule has 22 heavy (non-hydrogen) atoms. The van der Waals surface area contributed by atoms with Gasteiger partial charge in [0.05, 0.1) is 6.04 Å². The average Bonchev–Trinajstić information content (AvgIpc) is 3.25. The highest BCUT2D eigenvalue weighted by Crippen LogP contribution is 2.34. The third-order valence-corrected chi connectivity index (χ3v) is 4.80. The molecule has 0 aliphatic carbocycles. The molecule has 5 nitrogen and oxygen atoms in total. The molecule has 0 radical (unpaired) electrons. The molecule has 1 aromatic carbocycles. The van der Waals surface area contributed by atoms with E-state index in [4.69, 9.17) is 9.72 Å². The maximum absolute atomic E-state index is 5.50. The van der Waals surface area contributed by atoms with E-state index in [0.717, 1.165) is 49.8 Å². The van der Waals surface area contributed by atoms with Gasteiger partial charge in [-0.1, -0.05) is 30.3 Å². The Balaban J connectivity index is 1.54. The van der Waals surface area contributed by atoms with Crippen molar-refractivity contribution in [3.05, 3.63) is 36.2 Å². The Labute approximate surface area is 130 Å². The van der Waals surface area contributed by atoms with E-state index in [2.05, 4.69) is 27.2 Å². The van der Waals surface area contributed by atoms with E-state index in [-0.39, 0.29) is 0 Å². The average molecular weight is 298 g/mol. The number of benzene rings is 1. The second-order valence-electron chi connectivity index (χ2n) is 6.15. The summed E-state index contributed by atoms with van der Waals surface area (Å²) in [6.45, 7) is 2.94. The van der Waals surface area contributed by atoms with Gasteiger partial charge in [0.15, 0.2) is 5.82 Å². The minimum Gasteiger partial charge on any atom is -0.381 e. The van der Waals surface area contributed by atoms with Crippen LogP contribution in [0.4, 0.5) is 0 Å². The number of hydrogen-bond donors (Lipinski definition) is 1. The van der Waals surface area contributed by atoms with Crippen LogP contribution in [0.1, 0.15) is 37.5 Å². The zero-order valence-electron chi connectivity index (χ0n) is 12.7. The highest BCUT2D eigenvalue weighted by Gasteiger charge is 2.34. The molecular weight excluding hydrogens is 276 g/mol. The number of likely N-dealkylation sites (tertiary alicyclic amines) is 1. The molecule has 1 N–H and O–H groups in total. The molecule has 2 fully saturated rings. The lowest BCUT2D eigenvalue weighted by Gasteiger charge is -2.34. The molecular formula is C17H22N4O. The summed E-state index contributed by atoms with van der Waals surface area (Å²) < 4.78 is 5.50. The van der Waals surface area contributed by atoms with Gasteiger partial charge >= 0.3 is 0 Å². The molecule has 2 aliphatic heterocycles. The van der Waals surface area contributed by atoms with Gasteiger partial charge in [0, 0.05) is 24.8 Å². The number of nitrogens with zero attached hydrogens (tertiary/aromatic N) is 3. The van der Waals surface area contributed by atoms with Crippen molar-refractivity contribution < 1.29 is 4.74 Å². The molecule has 0 spiro atoms. The van der Waals surface area contributed by atoms with Gasteiger partial charge in [-0.25, -0.2) is 4.98 Å². The summed E-state index contributed by atoms with van der Waals surface area (Å²) in [6.07, 6.45) is 4.68. The zero-order chi connectivity index (χ0) is 14.8. The maximum Gasteiger partial charge on any atom is 0.181 e. The Morgan fingerprint density at radius 2 is 1.91 bits per heavy atom. The lowest BCUT2D eigenvalue weighted by atomic mass is 10.1. The smallest absolute Gasteiger partial charge is 0.181 e. The van der Waals surface area contributed by atoms with Crippen molar-refractivity contribution in [2.45, 2.75) is 37.8 Å². The van der Waals surface area contributed by atoms with Crippen molar-refractivity contribution in [1.82, 2.24) is 20.1 Å². The van der Waals surface area contributed by atoms with Crippen LogP contribution in [0, 0.1) is 0 Å². The highest BCUT2D eigenvalue weighted by atomic mass is 16.5. The minimum atomic E-state index is 0.382. The number of H-pyrrole nitrogens is 1. The lowest BCUT2D eigenvalue weighted by molar-refractivity contribution is 0.0279. The molecule has 116 valence electrons. The number of hydrogen-bond acceptors (Lipinski definition) is 4. The number of nitrogens with one attached hydrogen (secondary N) is 1. The van der Waals surface area contributed by atoms with Crippen molar-refractivity contribution in [2.75, 3.05) is 19.8 Å². The largest absolute Gasteiger partial charge is 0.381 e. The quantitative estimate of drug-likeness (QED) is 0.946. The van der Waals surface area contributed by atoms with Gasteiger partial charge < -0.3 is 4.74 Å².